The van der Waals surface area contributed by atoms with Crippen LogP contribution in [-0.2, 0) is 19.3 Å². The Hall–Kier alpha value is -3.13. The summed E-state index contributed by atoms with van der Waals surface area (Å²) in [6.45, 7) is 5.33. The molecule has 1 aliphatic rings. The average molecular weight is 457 g/mol. The van der Waals surface area contributed by atoms with Gasteiger partial charge in [-0.1, -0.05) is 49.7 Å². The number of aryl methyl sites for hydroxylation is 1. The highest BCUT2D eigenvalue weighted by Crippen LogP contribution is 2.34. The van der Waals surface area contributed by atoms with Crippen LogP contribution in [0.15, 0.2) is 59.4 Å². The molecule has 3 aromatic rings. The van der Waals surface area contributed by atoms with Gasteiger partial charge < -0.3 is 0 Å². The highest BCUT2D eigenvalue weighted by atomic mass is 19.4. The van der Waals surface area contributed by atoms with E-state index in [2.05, 4.69) is 11.8 Å². The maximum Gasteiger partial charge on any atom is 0.416 e. The third-order valence-corrected chi connectivity index (χ3v) is 5.91. The summed E-state index contributed by atoms with van der Waals surface area (Å²) < 4.78 is 41.7. The Morgan fingerprint density at radius 3 is 2.48 bits per heavy atom. The minimum Gasteiger partial charge on any atom is -0.298 e. The Morgan fingerprint density at radius 1 is 1.03 bits per heavy atom. The molecule has 0 spiro atoms. The summed E-state index contributed by atoms with van der Waals surface area (Å²) in [6.07, 6.45) is -2.09. The first kappa shape index (κ1) is 23.0. The first-order valence-corrected chi connectivity index (χ1v) is 11.1. The fraction of sp³-hybridized carbons (Fsp3) is 0.360. The largest absolute Gasteiger partial charge is 0.416 e. The zero-order valence-corrected chi connectivity index (χ0v) is 18.8. The summed E-state index contributed by atoms with van der Waals surface area (Å²) in [5.41, 5.74) is 1.69. The number of hydrogen-bond acceptors (Lipinski definition) is 4. The van der Waals surface area contributed by atoms with Crippen molar-refractivity contribution in [2.24, 2.45) is 0 Å². The number of nitrogens with zero attached hydrogens (tertiary/aromatic N) is 4. The maximum atomic E-state index is 13.6. The summed E-state index contributed by atoms with van der Waals surface area (Å²) in [5, 5.41) is 0. The van der Waals surface area contributed by atoms with Crippen molar-refractivity contribution in [3.63, 3.8) is 0 Å². The lowest BCUT2D eigenvalue weighted by Crippen LogP contribution is -2.48. The van der Waals surface area contributed by atoms with Crippen LogP contribution in [0.25, 0.3) is 0 Å². The summed E-state index contributed by atoms with van der Waals surface area (Å²) in [6, 6.07) is 14.9. The second kappa shape index (κ2) is 9.39. The van der Waals surface area contributed by atoms with Crippen molar-refractivity contribution in [2.45, 2.75) is 46.0 Å². The van der Waals surface area contributed by atoms with Crippen molar-refractivity contribution in [1.29, 1.82) is 0 Å². The zero-order valence-electron chi connectivity index (χ0n) is 18.8. The lowest BCUT2D eigenvalue weighted by Gasteiger charge is -2.38. The minimum absolute atomic E-state index is 0.153. The molecule has 2 aromatic carbocycles. The number of fused-ring (bicyclic) bond motifs is 1. The first-order valence-electron chi connectivity index (χ1n) is 11.1. The smallest absolute Gasteiger partial charge is 0.298 e. The molecular weight excluding hydrogens is 429 g/mol. The third-order valence-electron chi connectivity index (χ3n) is 5.91. The molecule has 0 atom stereocenters. The predicted octanol–water partition coefficient (Wildman–Crippen LogP) is 5.33. The molecule has 5 nitrogen and oxygen atoms in total. The Kier molecular flexibility index (Phi) is 6.56. The molecule has 8 heteroatoms. The fourth-order valence-corrected chi connectivity index (χ4v) is 4.10. The molecule has 2 heterocycles. The van der Waals surface area contributed by atoms with Gasteiger partial charge in [-0.2, -0.15) is 13.2 Å². The molecule has 0 amide bonds. The average Bonchev–Trinajstić information content (AvgIpc) is 2.80. The standard InChI is InChI=1S/C25H27F3N4O/c1-3-4-13-30-16-31(21-12-8-11-20(15-21)25(26,27)28)24-29-18(2)22(23(33)32(24)17-30)14-19-9-6-5-7-10-19/h5-12,15H,3-4,13-14,16-17H2,1-2H3. The van der Waals surface area contributed by atoms with Gasteiger partial charge in [-0.15, -0.1) is 0 Å². The van der Waals surface area contributed by atoms with Crippen molar-refractivity contribution in [2.75, 3.05) is 18.1 Å². The molecular formula is C25H27F3N4O. The van der Waals surface area contributed by atoms with Gasteiger partial charge >= 0.3 is 6.18 Å². The van der Waals surface area contributed by atoms with E-state index in [4.69, 9.17) is 4.98 Å². The fourth-order valence-electron chi connectivity index (χ4n) is 4.10. The van der Waals surface area contributed by atoms with Crippen LogP contribution in [0.3, 0.4) is 0 Å². The molecule has 0 radical (unpaired) electrons. The second-order valence-corrected chi connectivity index (χ2v) is 8.38. The van der Waals surface area contributed by atoms with Crippen LogP contribution < -0.4 is 10.5 Å². The zero-order chi connectivity index (χ0) is 23.6. The van der Waals surface area contributed by atoms with E-state index in [0.717, 1.165) is 37.1 Å². The van der Waals surface area contributed by atoms with E-state index in [9.17, 15) is 18.0 Å². The van der Waals surface area contributed by atoms with Crippen LogP contribution in [-0.4, -0.2) is 27.7 Å². The summed E-state index contributed by atoms with van der Waals surface area (Å²) in [7, 11) is 0. The normalized spacial score (nSPS) is 14.4. The van der Waals surface area contributed by atoms with E-state index < -0.39 is 11.7 Å². The molecule has 0 fully saturated rings. The van der Waals surface area contributed by atoms with Crippen molar-refractivity contribution < 1.29 is 13.2 Å². The monoisotopic (exact) mass is 456 g/mol. The molecule has 0 bridgehead atoms. The van der Waals surface area contributed by atoms with E-state index >= 15 is 0 Å². The van der Waals surface area contributed by atoms with Crippen LogP contribution in [0.4, 0.5) is 24.8 Å². The maximum absolute atomic E-state index is 13.6. The number of halogens is 3. The number of rotatable bonds is 6. The summed E-state index contributed by atoms with van der Waals surface area (Å²) in [5.74, 6) is 0.376. The third kappa shape index (κ3) is 4.95. The molecule has 33 heavy (non-hydrogen) atoms. The quantitative estimate of drug-likeness (QED) is 0.503. The number of unbranched alkanes of at least 4 members (excludes halogenated alkanes) is 1. The van der Waals surface area contributed by atoms with Gasteiger partial charge in [0.1, 0.15) is 0 Å². The van der Waals surface area contributed by atoms with Crippen LogP contribution in [0, 0.1) is 6.92 Å². The van der Waals surface area contributed by atoms with Gasteiger partial charge in [0, 0.05) is 24.2 Å². The van der Waals surface area contributed by atoms with Crippen molar-refractivity contribution in [3.8, 4) is 0 Å². The first-order chi connectivity index (χ1) is 15.8. The van der Waals surface area contributed by atoms with Crippen molar-refractivity contribution in [3.05, 3.63) is 87.3 Å². The van der Waals surface area contributed by atoms with Crippen LogP contribution in [0.5, 0.6) is 0 Å². The number of anilines is 2. The molecule has 0 unspecified atom stereocenters. The van der Waals surface area contributed by atoms with E-state index in [-0.39, 0.29) is 5.56 Å². The van der Waals surface area contributed by atoms with E-state index in [1.54, 1.807) is 22.5 Å². The molecule has 4 rings (SSSR count). The summed E-state index contributed by atoms with van der Waals surface area (Å²) in [4.78, 5) is 22.0. The van der Waals surface area contributed by atoms with Crippen LogP contribution in [0.2, 0.25) is 0 Å². The van der Waals surface area contributed by atoms with Gasteiger partial charge in [0.2, 0.25) is 5.95 Å². The Balaban J connectivity index is 1.80. The van der Waals surface area contributed by atoms with Gasteiger partial charge in [-0.05, 0) is 37.1 Å². The molecule has 0 N–H and O–H groups in total. The molecule has 1 aliphatic heterocycles. The van der Waals surface area contributed by atoms with Crippen LogP contribution in [0.1, 0.15) is 42.1 Å². The van der Waals surface area contributed by atoms with E-state index in [0.29, 0.717) is 42.7 Å². The van der Waals surface area contributed by atoms with Gasteiger partial charge in [-0.25, -0.2) is 4.98 Å². The Morgan fingerprint density at radius 2 is 1.79 bits per heavy atom. The predicted molar refractivity (Wildman–Crippen MR) is 123 cm³/mol. The summed E-state index contributed by atoms with van der Waals surface area (Å²) >= 11 is 0. The van der Waals surface area contributed by atoms with Crippen LogP contribution >= 0.6 is 0 Å². The molecule has 1 aromatic heterocycles. The Labute approximate surface area is 191 Å². The second-order valence-electron chi connectivity index (χ2n) is 8.38. The lowest BCUT2D eigenvalue weighted by atomic mass is 10.1. The van der Waals surface area contributed by atoms with E-state index in [1.807, 2.05) is 30.3 Å². The lowest BCUT2D eigenvalue weighted by molar-refractivity contribution is -0.137. The molecule has 174 valence electrons. The van der Waals surface area contributed by atoms with Crippen molar-refractivity contribution >= 4 is 11.6 Å². The number of alkyl halides is 3. The van der Waals surface area contributed by atoms with Gasteiger partial charge in [-0.3, -0.25) is 19.2 Å². The number of hydrogen-bond donors (Lipinski definition) is 0. The minimum atomic E-state index is -4.45. The SMILES string of the molecule is CCCCN1CN(c2cccc(C(F)(F)F)c2)c2nc(C)c(Cc3ccccc3)c(=O)n2C1. The highest BCUT2D eigenvalue weighted by Gasteiger charge is 2.33. The van der Waals surface area contributed by atoms with E-state index in [1.165, 1.54) is 6.07 Å². The number of aromatic nitrogens is 2. The van der Waals surface area contributed by atoms with Crippen molar-refractivity contribution in [1.82, 2.24) is 14.5 Å². The highest BCUT2D eigenvalue weighted by molar-refractivity contribution is 5.60. The molecule has 0 aliphatic carbocycles. The van der Waals surface area contributed by atoms with Gasteiger partial charge in [0.05, 0.1) is 24.6 Å². The topological polar surface area (TPSA) is 41.4 Å². The molecule has 0 saturated heterocycles. The Bertz CT molecular complexity index is 1170. The van der Waals surface area contributed by atoms with Gasteiger partial charge in [0.25, 0.3) is 5.56 Å². The van der Waals surface area contributed by atoms with Gasteiger partial charge in [0.15, 0.2) is 0 Å². The molecule has 0 saturated carbocycles. The number of benzene rings is 2.